The maximum absolute atomic E-state index is 13.5. The molecule has 0 unspecified atom stereocenters. The molecule has 0 saturated carbocycles. The van der Waals surface area contributed by atoms with Gasteiger partial charge in [-0.15, -0.1) is 0 Å². The van der Waals surface area contributed by atoms with Gasteiger partial charge in [0.1, 0.15) is 17.7 Å². The average molecular weight is 330 g/mol. The first-order valence-electron chi connectivity index (χ1n) is 7.55. The van der Waals surface area contributed by atoms with Gasteiger partial charge >= 0.3 is 6.03 Å². The highest BCUT2D eigenvalue weighted by Crippen LogP contribution is 2.19. The van der Waals surface area contributed by atoms with E-state index in [1.165, 1.54) is 6.07 Å². The second-order valence-electron chi connectivity index (χ2n) is 5.84. The Morgan fingerprint density at radius 1 is 1.22 bits per heavy atom. The molecule has 23 heavy (non-hydrogen) atoms. The Kier molecular flexibility index (Phi) is 7.91. The number of hydrogen-bond acceptors (Lipinski definition) is 3. The van der Waals surface area contributed by atoms with Crippen molar-refractivity contribution in [1.82, 2.24) is 10.6 Å². The van der Waals surface area contributed by atoms with Crippen LogP contribution >= 0.6 is 0 Å². The number of halogens is 2. The Labute approximate surface area is 135 Å². The van der Waals surface area contributed by atoms with Crippen molar-refractivity contribution in [3.63, 3.8) is 0 Å². The molecule has 0 radical (unpaired) electrons. The highest BCUT2D eigenvalue weighted by atomic mass is 19.1. The van der Waals surface area contributed by atoms with Gasteiger partial charge < -0.3 is 20.5 Å². The largest absolute Gasteiger partial charge is 0.386 e. The molecule has 5 nitrogen and oxygen atoms in total. The van der Waals surface area contributed by atoms with E-state index in [0.29, 0.717) is 19.1 Å². The van der Waals surface area contributed by atoms with Crippen LogP contribution in [0, 0.1) is 17.6 Å². The molecule has 0 aromatic heterocycles. The van der Waals surface area contributed by atoms with Crippen LogP contribution in [0.3, 0.4) is 0 Å². The molecule has 0 spiro atoms. The highest BCUT2D eigenvalue weighted by molar-refractivity contribution is 5.74. The predicted molar refractivity (Wildman–Crippen MR) is 83.0 cm³/mol. The first-order chi connectivity index (χ1) is 10.8. The number of aliphatic hydroxyl groups is 1. The molecule has 0 saturated heterocycles. The Morgan fingerprint density at radius 3 is 2.39 bits per heavy atom. The second kappa shape index (κ2) is 9.42. The number of nitrogens with one attached hydrogen (secondary N) is 2. The van der Waals surface area contributed by atoms with Gasteiger partial charge in [0.25, 0.3) is 0 Å². The van der Waals surface area contributed by atoms with E-state index in [1.54, 1.807) is 6.92 Å². The number of benzene rings is 1. The first kappa shape index (κ1) is 19.3. The van der Waals surface area contributed by atoms with Crippen molar-refractivity contribution in [2.75, 3.05) is 19.8 Å². The van der Waals surface area contributed by atoms with E-state index in [1.807, 2.05) is 13.8 Å². The summed E-state index contributed by atoms with van der Waals surface area (Å²) in [7, 11) is 0. The van der Waals surface area contributed by atoms with Crippen LogP contribution in [-0.4, -0.2) is 36.9 Å². The Hall–Kier alpha value is -1.73. The van der Waals surface area contributed by atoms with Crippen molar-refractivity contribution in [1.29, 1.82) is 0 Å². The van der Waals surface area contributed by atoms with Crippen LogP contribution in [0.5, 0.6) is 0 Å². The van der Waals surface area contributed by atoms with Crippen molar-refractivity contribution in [3.8, 4) is 0 Å². The summed E-state index contributed by atoms with van der Waals surface area (Å²) in [6, 6.07) is 2.54. The molecule has 0 aliphatic heterocycles. The first-order valence-corrected chi connectivity index (χ1v) is 7.55. The fraction of sp³-hybridized carbons (Fsp3) is 0.562. The van der Waals surface area contributed by atoms with E-state index in [9.17, 15) is 18.7 Å². The molecule has 0 aliphatic carbocycles. The summed E-state index contributed by atoms with van der Waals surface area (Å²) >= 11 is 0. The number of ether oxygens (including phenoxy) is 1. The third-order valence-corrected chi connectivity index (χ3v) is 2.99. The van der Waals surface area contributed by atoms with Gasteiger partial charge in [0.05, 0.1) is 18.2 Å². The molecule has 1 rings (SSSR count). The van der Waals surface area contributed by atoms with Gasteiger partial charge in [-0.1, -0.05) is 19.9 Å². The van der Waals surface area contributed by atoms with E-state index in [2.05, 4.69) is 10.6 Å². The number of hydrogen-bond donors (Lipinski definition) is 3. The minimum atomic E-state index is -1.46. The molecule has 0 bridgehead atoms. The van der Waals surface area contributed by atoms with Crippen molar-refractivity contribution >= 4 is 6.03 Å². The quantitative estimate of drug-likeness (QED) is 0.685. The molecule has 0 fully saturated rings. The lowest BCUT2D eigenvalue weighted by atomic mass is 10.1. The van der Waals surface area contributed by atoms with E-state index < -0.39 is 29.3 Å². The maximum Gasteiger partial charge on any atom is 0.315 e. The molecule has 1 aromatic carbocycles. The molecular formula is C16H24F2N2O3. The SMILES string of the molecule is CC(C)COC[C@@H](C)NC(=O)NC[C@@H](O)c1c(F)cccc1F. The van der Waals surface area contributed by atoms with Crippen LogP contribution in [-0.2, 0) is 4.74 Å². The number of carbonyl (C=O) groups excluding carboxylic acids is 1. The molecular weight excluding hydrogens is 306 g/mol. The molecule has 130 valence electrons. The second-order valence-corrected chi connectivity index (χ2v) is 5.84. The summed E-state index contributed by atoms with van der Waals surface area (Å²) in [5.41, 5.74) is -0.457. The smallest absolute Gasteiger partial charge is 0.315 e. The van der Waals surface area contributed by atoms with Gasteiger partial charge in [-0.05, 0) is 25.0 Å². The fourth-order valence-corrected chi connectivity index (χ4v) is 1.92. The minimum absolute atomic E-state index is 0.226. The number of urea groups is 1. The van der Waals surface area contributed by atoms with Crippen molar-refractivity contribution in [3.05, 3.63) is 35.4 Å². The maximum atomic E-state index is 13.5. The lowest BCUT2D eigenvalue weighted by Gasteiger charge is -2.17. The normalized spacial score (nSPS) is 13.7. The molecule has 0 heterocycles. The lowest BCUT2D eigenvalue weighted by molar-refractivity contribution is 0.0950. The topological polar surface area (TPSA) is 70.6 Å². The lowest BCUT2D eigenvalue weighted by Crippen LogP contribution is -2.44. The zero-order valence-corrected chi connectivity index (χ0v) is 13.6. The van der Waals surface area contributed by atoms with Gasteiger partial charge in [0, 0.05) is 13.2 Å². The van der Waals surface area contributed by atoms with Gasteiger partial charge in [0.15, 0.2) is 0 Å². The molecule has 0 aliphatic rings. The van der Waals surface area contributed by atoms with Crippen LogP contribution in [0.25, 0.3) is 0 Å². The van der Waals surface area contributed by atoms with Crippen molar-refractivity contribution in [2.45, 2.75) is 32.9 Å². The highest BCUT2D eigenvalue weighted by Gasteiger charge is 2.18. The Bertz CT molecular complexity index is 492. The molecule has 7 heteroatoms. The van der Waals surface area contributed by atoms with Gasteiger partial charge in [-0.2, -0.15) is 0 Å². The summed E-state index contributed by atoms with van der Waals surface area (Å²) in [6.45, 7) is 6.47. The number of rotatable bonds is 8. The fourth-order valence-electron chi connectivity index (χ4n) is 1.92. The molecule has 1 aromatic rings. The van der Waals surface area contributed by atoms with Crippen LogP contribution in [0.4, 0.5) is 13.6 Å². The predicted octanol–water partition coefficient (Wildman–Crippen LogP) is 2.36. The third-order valence-electron chi connectivity index (χ3n) is 2.99. The van der Waals surface area contributed by atoms with E-state index in [-0.39, 0.29) is 12.6 Å². The summed E-state index contributed by atoms with van der Waals surface area (Å²) in [6.07, 6.45) is -1.46. The number of carbonyl (C=O) groups is 1. The number of aliphatic hydroxyl groups excluding tert-OH is 1. The summed E-state index contributed by atoms with van der Waals surface area (Å²) in [4.78, 5) is 11.7. The summed E-state index contributed by atoms with van der Waals surface area (Å²) in [5.74, 6) is -1.30. The molecule has 2 atom stereocenters. The van der Waals surface area contributed by atoms with E-state index >= 15 is 0 Å². The Morgan fingerprint density at radius 2 is 1.83 bits per heavy atom. The zero-order valence-electron chi connectivity index (χ0n) is 13.6. The van der Waals surface area contributed by atoms with E-state index in [4.69, 9.17) is 4.74 Å². The van der Waals surface area contributed by atoms with Gasteiger partial charge in [-0.3, -0.25) is 0 Å². The van der Waals surface area contributed by atoms with Crippen molar-refractivity contribution in [2.24, 2.45) is 5.92 Å². The van der Waals surface area contributed by atoms with E-state index in [0.717, 1.165) is 12.1 Å². The average Bonchev–Trinajstić information content (AvgIpc) is 2.44. The standard InChI is InChI=1S/C16H24F2N2O3/c1-10(2)8-23-9-11(3)20-16(22)19-7-14(21)15-12(17)5-4-6-13(15)18/h4-6,10-11,14,21H,7-9H2,1-3H3,(H2,19,20,22)/t11-,14-/m1/s1. The molecule has 3 N–H and O–H groups in total. The van der Waals surface area contributed by atoms with Gasteiger partial charge in [-0.25, -0.2) is 13.6 Å². The van der Waals surface area contributed by atoms with Crippen LogP contribution in [0.1, 0.15) is 32.4 Å². The van der Waals surface area contributed by atoms with Gasteiger partial charge in [0.2, 0.25) is 0 Å². The minimum Gasteiger partial charge on any atom is -0.386 e. The Balaban J connectivity index is 2.38. The summed E-state index contributed by atoms with van der Waals surface area (Å²) in [5, 5.41) is 14.8. The summed E-state index contributed by atoms with van der Waals surface area (Å²) < 4.78 is 32.4. The van der Waals surface area contributed by atoms with Crippen LogP contribution in [0.2, 0.25) is 0 Å². The van der Waals surface area contributed by atoms with Crippen LogP contribution in [0.15, 0.2) is 18.2 Å². The monoisotopic (exact) mass is 330 g/mol. The third kappa shape index (κ3) is 6.92. The zero-order chi connectivity index (χ0) is 17.4. The molecule has 2 amide bonds. The van der Waals surface area contributed by atoms with Crippen molar-refractivity contribution < 1.29 is 23.4 Å². The van der Waals surface area contributed by atoms with Crippen LogP contribution < -0.4 is 10.6 Å². The number of amides is 2.